The molecule has 2 fully saturated rings. The van der Waals surface area contributed by atoms with Crippen LogP contribution in [0.2, 0.25) is 0 Å². The number of nitrogens with one attached hydrogen (secondary N) is 1. The number of rotatable bonds is 3. The van der Waals surface area contributed by atoms with Gasteiger partial charge >= 0.3 is 0 Å². The molecule has 2 aromatic heterocycles. The quantitative estimate of drug-likeness (QED) is 0.364. The summed E-state index contributed by atoms with van der Waals surface area (Å²) < 4.78 is 18.8. The van der Waals surface area contributed by atoms with Crippen LogP contribution in [-0.2, 0) is 18.3 Å². The average Bonchev–Trinajstić information content (AvgIpc) is 3.70. The third-order valence-corrected chi connectivity index (χ3v) is 11.4. The first-order valence-corrected chi connectivity index (χ1v) is 15.4. The Bertz CT molecular complexity index is 1730. The maximum atomic E-state index is 14.1. The topological polar surface area (TPSA) is 83.8 Å². The van der Waals surface area contributed by atoms with Crippen molar-refractivity contribution >= 4 is 17.0 Å². The molecule has 2 aliphatic carbocycles. The summed E-state index contributed by atoms with van der Waals surface area (Å²) in [4.78, 5) is 27.0. The van der Waals surface area contributed by atoms with E-state index >= 15 is 0 Å². The van der Waals surface area contributed by atoms with Crippen molar-refractivity contribution in [3.05, 3.63) is 75.9 Å². The molecule has 5 aliphatic rings. The van der Waals surface area contributed by atoms with Crippen LogP contribution in [0.1, 0.15) is 75.6 Å². The van der Waals surface area contributed by atoms with Crippen molar-refractivity contribution in [1.29, 1.82) is 0 Å². The molecule has 8 nitrogen and oxygen atoms in total. The van der Waals surface area contributed by atoms with Crippen LogP contribution in [0.3, 0.4) is 0 Å². The average molecular weight is 565 g/mol. The van der Waals surface area contributed by atoms with Gasteiger partial charge in [-0.2, -0.15) is 0 Å². The van der Waals surface area contributed by atoms with Crippen LogP contribution in [0, 0.1) is 12.8 Å². The molecule has 1 unspecified atom stereocenters. The highest BCUT2D eigenvalue weighted by molar-refractivity contribution is 5.95. The molecule has 4 atom stereocenters. The maximum Gasteiger partial charge on any atom is 0.270 e. The number of para-hydroxylation sites is 2. The molecule has 4 aromatic rings. The summed E-state index contributed by atoms with van der Waals surface area (Å²) in [5, 5.41) is 0. The zero-order valence-corrected chi connectivity index (χ0v) is 24.4. The summed E-state index contributed by atoms with van der Waals surface area (Å²) in [6, 6.07) is 12.7. The van der Waals surface area contributed by atoms with Gasteiger partial charge in [0.2, 0.25) is 0 Å². The predicted octanol–water partition coefficient (Wildman–Crippen LogP) is 5.30. The number of hydrogen-bond acceptors (Lipinski definition) is 6. The third kappa shape index (κ3) is 3.11. The molecule has 1 spiro atoms. The molecule has 0 radical (unpaired) electrons. The molecule has 2 saturated heterocycles. The number of aromatic nitrogens is 2. The minimum atomic E-state index is -0.127. The number of carbonyl (C=O) groups is 1. The summed E-state index contributed by atoms with van der Waals surface area (Å²) in [5.74, 6) is 3.29. The zero-order chi connectivity index (χ0) is 28.3. The molecular weight excluding hydrogens is 528 g/mol. The number of amides is 1. The van der Waals surface area contributed by atoms with Crippen LogP contribution in [0.4, 0.5) is 0 Å². The van der Waals surface area contributed by atoms with Gasteiger partial charge in [-0.05, 0) is 93.4 Å². The monoisotopic (exact) mass is 564 g/mol. The lowest BCUT2D eigenvalue weighted by molar-refractivity contribution is -0.0256. The van der Waals surface area contributed by atoms with Crippen LogP contribution >= 0.6 is 0 Å². The van der Waals surface area contributed by atoms with E-state index in [2.05, 4.69) is 36.0 Å². The van der Waals surface area contributed by atoms with E-state index in [-0.39, 0.29) is 23.3 Å². The lowest BCUT2D eigenvalue weighted by Crippen LogP contribution is -2.62. The van der Waals surface area contributed by atoms with Crippen LogP contribution < -0.4 is 9.47 Å². The highest BCUT2D eigenvalue weighted by Crippen LogP contribution is 2.67. The number of H-pyrrole nitrogens is 1. The van der Waals surface area contributed by atoms with Gasteiger partial charge < -0.3 is 28.7 Å². The second-order valence-corrected chi connectivity index (χ2v) is 13.1. The first-order valence-electron chi connectivity index (χ1n) is 15.4. The number of aromatic amines is 1. The van der Waals surface area contributed by atoms with E-state index < -0.39 is 0 Å². The molecule has 5 heterocycles. The molecule has 0 saturated carbocycles. The van der Waals surface area contributed by atoms with Gasteiger partial charge in [0.25, 0.3) is 5.91 Å². The molecule has 216 valence electrons. The number of hydrogen-bond donors (Lipinski definition) is 1. The van der Waals surface area contributed by atoms with E-state index in [0.717, 1.165) is 84.1 Å². The Morgan fingerprint density at radius 1 is 1.12 bits per heavy atom. The summed E-state index contributed by atoms with van der Waals surface area (Å²) in [6.07, 6.45) is 4.62. The molecule has 42 heavy (non-hydrogen) atoms. The Morgan fingerprint density at radius 2 is 1.95 bits per heavy atom. The van der Waals surface area contributed by atoms with Crippen LogP contribution in [0.25, 0.3) is 11.1 Å². The number of carbonyl (C=O) groups excluding carboxylic acids is 1. The molecule has 1 amide bonds. The zero-order valence-electron chi connectivity index (χ0n) is 24.4. The van der Waals surface area contributed by atoms with Gasteiger partial charge in [0.1, 0.15) is 17.3 Å². The summed E-state index contributed by atoms with van der Waals surface area (Å²) in [5.41, 5.74) is 8.60. The number of fused-ring (bicyclic) bond motifs is 3. The second-order valence-electron chi connectivity index (χ2n) is 13.1. The molecule has 3 aliphatic heterocycles. The van der Waals surface area contributed by atoms with Crippen molar-refractivity contribution in [2.45, 2.75) is 62.5 Å². The van der Waals surface area contributed by atoms with E-state index in [0.29, 0.717) is 25.0 Å². The Balaban J connectivity index is 1.04. The number of benzene rings is 2. The number of likely N-dealkylation sites (tertiary alicyclic amines) is 2. The molecular formula is C34H36N4O4. The fourth-order valence-corrected chi connectivity index (χ4v) is 9.20. The van der Waals surface area contributed by atoms with Gasteiger partial charge in [-0.3, -0.25) is 4.79 Å². The third-order valence-electron chi connectivity index (χ3n) is 11.4. The van der Waals surface area contributed by atoms with Gasteiger partial charge in [0.15, 0.2) is 23.0 Å². The van der Waals surface area contributed by atoms with Gasteiger partial charge in [0, 0.05) is 36.0 Å². The smallest absolute Gasteiger partial charge is 0.270 e. The number of methoxy groups -OCH3 is 1. The summed E-state index contributed by atoms with van der Waals surface area (Å²) in [6.45, 7) is 4.56. The Hall–Kier alpha value is -3.78. The van der Waals surface area contributed by atoms with Crippen LogP contribution in [0.15, 0.2) is 40.8 Å². The van der Waals surface area contributed by atoms with E-state index in [4.69, 9.17) is 18.9 Å². The predicted molar refractivity (Wildman–Crippen MR) is 157 cm³/mol. The van der Waals surface area contributed by atoms with E-state index in [1.165, 1.54) is 16.7 Å². The number of ether oxygens (including phenoxy) is 2. The molecule has 9 rings (SSSR count). The van der Waals surface area contributed by atoms with E-state index in [1.54, 1.807) is 7.11 Å². The number of nitrogens with zero attached hydrogens (tertiary/aromatic N) is 3. The molecule has 8 heteroatoms. The molecule has 1 N–H and O–H groups in total. The minimum Gasteiger partial charge on any atom is -0.493 e. The van der Waals surface area contributed by atoms with Crippen molar-refractivity contribution < 1.29 is 18.7 Å². The lowest BCUT2D eigenvalue weighted by Gasteiger charge is -2.57. The van der Waals surface area contributed by atoms with Gasteiger partial charge in [-0.25, -0.2) is 4.98 Å². The maximum absolute atomic E-state index is 14.1. The van der Waals surface area contributed by atoms with Crippen LogP contribution in [-0.4, -0.2) is 65.5 Å². The Labute approximate surface area is 245 Å². The Kier molecular flexibility index (Phi) is 5.09. The van der Waals surface area contributed by atoms with Gasteiger partial charge in [-0.15, -0.1) is 0 Å². The van der Waals surface area contributed by atoms with Crippen molar-refractivity contribution in [1.82, 2.24) is 19.8 Å². The fraction of sp³-hybridized carbons (Fsp3) is 0.471. The summed E-state index contributed by atoms with van der Waals surface area (Å²) >= 11 is 0. The Morgan fingerprint density at radius 3 is 2.76 bits per heavy atom. The van der Waals surface area contributed by atoms with Crippen molar-refractivity contribution in [3.8, 4) is 11.5 Å². The fourth-order valence-electron chi connectivity index (χ4n) is 9.20. The minimum absolute atomic E-state index is 0.0861. The highest BCUT2D eigenvalue weighted by Gasteiger charge is 2.65. The lowest BCUT2D eigenvalue weighted by atomic mass is 9.51. The molecule has 2 bridgehead atoms. The summed E-state index contributed by atoms with van der Waals surface area (Å²) in [7, 11) is 4.00. The van der Waals surface area contributed by atoms with Gasteiger partial charge in [-0.1, -0.05) is 18.2 Å². The van der Waals surface area contributed by atoms with E-state index in [9.17, 15) is 4.79 Å². The molecule has 2 aromatic carbocycles. The standard InChI is InChI=1S/C34H36N4O4/c1-18-21-17-22-24-16-20-8-9-26(40-3)30-27(20)34(22,12-15-37(24)2)31(42-30)29(21)36-28(18)33(39)38-13-10-19(11-14-38)32-35-23-6-4-5-7-25(23)41-32/h4-9,19,22,24,31,36H,10-17H2,1-3H3/t22-,24-,31-,34?/m0/s1. The van der Waals surface area contributed by atoms with Crippen molar-refractivity contribution in [2.75, 3.05) is 33.8 Å². The normalized spacial score (nSPS) is 28.0. The largest absolute Gasteiger partial charge is 0.493 e. The highest BCUT2D eigenvalue weighted by atomic mass is 16.5. The van der Waals surface area contributed by atoms with Gasteiger partial charge in [0.05, 0.1) is 12.8 Å². The van der Waals surface area contributed by atoms with E-state index in [1.807, 2.05) is 29.2 Å². The SMILES string of the molecule is COc1ccc2c3c1O[C@H]1c4[nH]c(C(=O)N5CCC(c6nc7ccccc7o6)CC5)c(C)c4C[C@H]4[C@H](C2)N(C)CCC314. The first-order chi connectivity index (χ1) is 20.5. The number of likely N-dealkylation sites (N-methyl/N-ethyl adjacent to an activating group) is 1. The number of piperidine rings is 2. The number of oxazole rings is 1. The second kappa shape index (κ2) is 8.63. The van der Waals surface area contributed by atoms with Crippen LogP contribution in [0.5, 0.6) is 11.5 Å². The van der Waals surface area contributed by atoms with Crippen molar-refractivity contribution in [2.24, 2.45) is 5.92 Å². The van der Waals surface area contributed by atoms with Crippen molar-refractivity contribution in [3.63, 3.8) is 0 Å². The first kappa shape index (κ1) is 24.8.